The number of aryl methyl sites for hydroxylation is 1. The van der Waals surface area contributed by atoms with E-state index < -0.39 is 0 Å². The molecule has 0 unspecified atom stereocenters. The van der Waals surface area contributed by atoms with Gasteiger partial charge in [-0.15, -0.1) is 0 Å². The van der Waals surface area contributed by atoms with Crippen molar-refractivity contribution in [2.75, 3.05) is 31.1 Å². The number of fused-ring (bicyclic) bond motifs is 1. The Bertz CT molecular complexity index is 908. The van der Waals surface area contributed by atoms with Gasteiger partial charge in [0.15, 0.2) is 15.6 Å². The minimum Gasteiger partial charge on any atom is -0.444 e. The maximum Gasteiger partial charge on any atom is 0.289 e. The predicted molar refractivity (Wildman–Crippen MR) is 104 cm³/mol. The summed E-state index contributed by atoms with van der Waals surface area (Å²) in [5.41, 5.74) is 2.09. The fourth-order valence-electron chi connectivity index (χ4n) is 2.91. The molecule has 1 aliphatic heterocycles. The number of hydrogen-bond acceptors (Lipinski definition) is 5. The van der Waals surface area contributed by atoms with Gasteiger partial charge >= 0.3 is 0 Å². The molecule has 0 radical (unpaired) electrons. The Hall–Kier alpha value is -1.57. The average Bonchev–Trinajstić information content (AvgIpc) is 3.25. The SMILES string of the molecule is Cc1ccc(Cl)c2sc(N3CCN(C(=O)c4ccc(Br)o4)CC3)nc12. The van der Waals surface area contributed by atoms with Crippen molar-refractivity contribution in [1.82, 2.24) is 9.88 Å². The lowest BCUT2D eigenvalue weighted by atomic mass is 10.2. The van der Waals surface area contributed by atoms with E-state index in [1.807, 2.05) is 24.0 Å². The lowest BCUT2D eigenvalue weighted by molar-refractivity contribution is 0.0713. The Kier molecular flexibility index (Phi) is 4.47. The largest absolute Gasteiger partial charge is 0.444 e. The van der Waals surface area contributed by atoms with Crippen LogP contribution in [-0.2, 0) is 0 Å². The van der Waals surface area contributed by atoms with E-state index in [1.54, 1.807) is 23.5 Å². The molecule has 1 saturated heterocycles. The summed E-state index contributed by atoms with van der Waals surface area (Å²) in [6, 6.07) is 7.33. The number of carbonyl (C=O) groups excluding carboxylic acids is 1. The maximum absolute atomic E-state index is 12.4. The van der Waals surface area contributed by atoms with Gasteiger partial charge in [0.05, 0.1) is 15.2 Å². The minimum atomic E-state index is -0.0754. The first-order chi connectivity index (χ1) is 12.0. The molecular formula is C17H15BrClN3O2S. The van der Waals surface area contributed by atoms with E-state index in [1.165, 1.54) is 0 Å². The number of aromatic nitrogens is 1. The Balaban J connectivity index is 1.49. The summed E-state index contributed by atoms with van der Waals surface area (Å²) >= 11 is 11.1. The summed E-state index contributed by atoms with van der Waals surface area (Å²) in [5.74, 6) is 0.288. The molecule has 3 aromatic rings. The van der Waals surface area contributed by atoms with Crippen LogP contribution < -0.4 is 4.90 Å². The number of carbonyl (C=O) groups is 1. The number of furan rings is 1. The number of amides is 1. The number of hydrogen-bond donors (Lipinski definition) is 0. The second-order valence-corrected chi connectivity index (χ2v) is 8.09. The lowest BCUT2D eigenvalue weighted by Crippen LogP contribution is -2.48. The highest BCUT2D eigenvalue weighted by atomic mass is 79.9. The summed E-state index contributed by atoms with van der Waals surface area (Å²) in [6.45, 7) is 4.80. The third kappa shape index (κ3) is 3.16. The van der Waals surface area contributed by atoms with Crippen LogP contribution in [0.5, 0.6) is 0 Å². The van der Waals surface area contributed by atoms with Gasteiger partial charge in [-0.1, -0.05) is 29.0 Å². The summed E-state index contributed by atoms with van der Waals surface area (Å²) in [6.07, 6.45) is 0. The monoisotopic (exact) mass is 439 g/mol. The number of piperazine rings is 1. The van der Waals surface area contributed by atoms with E-state index in [9.17, 15) is 4.79 Å². The van der Waals surface area contributed by atoms with Crippen LogP contribution in [0, 0.1) is 6.92 Å². The molecule has 3 heterocycles. The highest BCUT2D eigenvalue weighted by molar-refractivity contribution is 9.10. The van der Waals surface area contributed by atoms with Crippen molar-refractivity contribution in [2.24, 2.45) is 0 Å². The standard InChI is InChI=1S/C17H15BrClN3O2S/c1-10-2-3-11(19)15-14(10)20-17(25-15)22-8-6-21(7-9-22)16(23)12-4-5-13(18)24-12/h2-5H,6-9H2,1H3. The molecule has 1 amide bonds. The number of nitrogens with zero attached hydrogens (tertiary/aromatic N) is 3. The Morgan fingerprint density at radius 2 is 2.00 bits per heavy atom. The van der Waals surface area contributed by atoms with Crippen LogP contribution >= 0.6 is 38.9 Å². The van der Waals surface area contributed by atoms with Crippen molar-refractivity contribution in [3.05, 3.63) is 45.3 Å². The predicted octanol–water partition coefficient (Wildman–Crippen LogP) is 4.58. The highest BCUT2D eigenvalue weighted by Gasteiger charge is 2.26. The molecule has 5 nitrogen and oxygen atoms in total. The van der Waals surface area contributed by atoms with Crippen molar-refractivity contribution < 1.29 is 9.21 Å². The van der Waals surface area contributed by atoms with Crippen molar-refractivity contribution in [1.29, 1.82) is 0 Å². The summed E-state index contributed by atoms with van der Waals surface area (Å²) in [4.78, 5) is 21.2. The molecule has 0 spiro atoms. The highest BCUT2D eigenvalue weighted by Crippen LogP contribution is 2.35. The van der Waals surface area contributed by atoms with Gasteiger partial charge in [0, 0.05) is 26.2 Å². The average molecular weight is 441 g/mol. The van der Waals surface area contributed by atoms with E-state index in [0.29, 0.717) is 23.5 Å². The molecule has 0 N–H and O–H groups in total. The normalized spacial score (nSPS) is 15.2. The Labute approximate surface area is 162 Å². The molecule has 0 atom stereocenters. The molecule has 2 aromatic heterocycles. The number of rotatable bonds is 2. The second-order valence-electron chi connectivity index (χ2n) is 5.92. The zero-order valence-electron chi connectivity index (χ0n) is 13.5. The fraction of sp³-hybridized carbons (Fsp3) is 0.294. The van der Waals surface area contributed by atoms with Crippen LogP contribution in [0.25, 0.3) is 10.2 Å². The molecule has 1 fully saturated rings. The number of thiazole rings is 1. The van der Waals surface area contributed by atoms with Crippen molar-refractivity contribution >= 4 is 60.1 Å². The van der Waals surface area contributed by atoms with Gasteiger partial charge in [-0.3, -0.25) is 4.79 Å². The van der Waals surface area contributed by atoms with Gasteiger partial charge in [-0.25, -0.2) is 4.98 Å². The molecule has 0 saturated carbocycles. The maximum atomic E-state index is 12.4. The van der Waals surface area contributed by atoms with Gasteiger partial charge in [0.2, 0.25) is 0 Å². The smallest absolute Gasteiger partial charge is 0.289 e. The van der Waals surface area contributed by atoms with Crippen LogP contribution in [-0.4, -0.2) is 42.0 Å². The molecular weight excluding hydrogens is 426 g/mol. The minimum absolute atomic E-state index is 0.0754. The van der Waals surface area contributed by atoms with Crippen molar-refractivity contribution in [3.63, 3.8) is 0 Å². The zero-order chi connectivity index (χ0) is 17.6. The zero-order valence-corrected chi connectivity index (χ0v) is 16.6. The van der Waals surface area contributed by atoms with E-state index in [4.69, 9.17) is 21.0 Å². The fourth-order valence-corrected chi connectivity index (χ4v) is 4.59. The van der Waals surface area contributed by atoms with Crippen LogP contribution in [0.3, 0.4) is 0 Å². The van der Waals surface area contributed by atoms with Crippen molar-refractivity contribution in [3.8, 4) is 0 Å². The third-order valence-electron chi connectivity index (χ3n) is 4.31. The molecule has 1 aliphatic rings. The molecule has 8 heteroatoms. The molecule has 1 aromatic carbocycles. The van der Waals surface area contributed by atoms with Crippen LogP contribution in [0.1, 0.15) is 16.1 Å². The summed E-state index contributed by atoms with van der Waals surface area (Å²) in [5, 5.41) is 1.70. The second kappa shape index (κ2) is 6.63. The lowest BCUT2D eigenvalue weighted by Gasteiger charge is -2.34. The summed E-state index contributed by atoms with van der Waals surface area (Å²) < 4.78 is 6.95. The van der Waals surface area contributed by atoms with E-state index in [0.717, 1.165) is 39.0 Å². The number of halogens is 2. The van der Waals surface area contributed by atoms with Crippen LogP contribution in [0.4, 0.5) is 5.13 Å². The number of benzene rings is 1. The van der Waals surface area contributed by atoms with E-state index in [2.05, 4.69) is 20.8 Å². The van der Waals surface area contributed by atoms with E-state index in [-0.39, 0.29) is 5.91 Å². The van der Waals surface area contributed by atoms with Crippen LogP contribution in [0.2, 0.25) is 5.02 Å². The molecule has 25 heavy (non-hydrogen) atoms. The first-order valence-electron chi connectivity index (χ1n) is 7.88. The van der Waals surface area contributed by atoms with Crippen molar-refractivity contribution in [2.45, 2.75) is 6.92 Å². The van der Waals surface area contributed by atoms with Gasteiger partial charge in [0.25, 0.3) is 5.91 Å². The first-order valence-corrected chi connectivity index (χ1v) is 9.87. The van der Waals surface area contributed by atoms with Gasteiger partial charge in [-0.05, 0) is 46.6 Å². The molecule has 0 bridgehead atoms. The number of anilines is 1. The quantitative estimate of drug-likeness (QED) is 0.585. The van der Waals surface area contributed by atoms with Crippen LogP contribution in [0.15, 0.2) is 33.4 Å². The third-order valence-corrected chi connectivity index (χ3v) is 6.31. The molecule has 4 rings (SSSR count). The van der Waals surface area contributed by atoms with Gasteiger partial charge in [0.1, 0.15) is 0 Å². The Morgan fingerprint density at radius 1 is 1.24 bits per heavy atom. The van der Waals surface area contributed by atoms with E-state index >= 15 is 0 Å². The van der Waals surface area contributed by atoms with Gasteiger partial charge < -0.3 is 14.2 Å². The Morgan fingerprint density at radius 3 is 2.64 bits per heavy atom. The molecule has 0 aliphatic carbocycles. The van der Waals surface area contributed by atoms with Gasteiger partial charge in [-0.2, -0.15) is 0 Å². The first kappa shape index (κ1) is 16.9. The molecule has 130 valence electrons. The topological polar surface area (TPSA) is 49.6 Å². The summed E-state index contributed by atoms with van der Waals surface area (Å²) in [7, 11) is 0.